The van der Waals surface area contributed by atoms with E-state index in [1.54, 1.807) is 0 Å². The highest BCUT2D eigenvalue weighted by molar-refractivity contribution is 5.82. The molecule has 4 rings (SSSR count). The van der Waals surface area contributed by atoms with Crippen LogP contribution in [-0.2, 0) is 4.74 Å². The summed E-state index contributed by atoms with van der Waals surface area (Å²) in [6.07, 6.45) is -1.20. The van der Waals surface area contributed by atoms with E-state index >= 15 is 0 Å². The fourth-order valence-corrected chi connectivity index (χ4v) is 2.90. The van der Waals surface area contributed by atoms with Gasteiger partial charge in [0, 0.05) is 6.42 Å². The molecule has 10 heteroatoms. The zero-order valence-electron chi connectivity index (χ0n) is 13.8. The Morgan fingerprint density at radius 3 is 2.73 bits per heavy atom. The summed E-state index contributed by atoms with van der Waals surface area (Å²) in [6, 6.07) is 0. The molecule has 2 fully saturated rings. The predicted octanol–water partition coefficient (Wildman–Crippen LogP) is -1.71. The van der Waals surface area contributed by atoms with Crippen molar-refractivity contribution in [1.29, 1.82) is 0 Å². The van der Waals surface area contributed by atoms with Gasteiger partial charge >= 0.3 is 0 Å². The molecule has 1 aliphatic heterocycles. The number of hydrogen-bond acceptors (Lipinski definition) is 9. The quantitative estimate of drug-likeness (QED) is 0.401. The Hall–Kier alpha value is -2.29. The van der Waals surface area contributed by atoms with Crippen LogP contribution in [0.1, 0.15) is 31.3 Å². The zero-order valence-corrected chi connectivity index (χ0v) is 13.8. The number of aliphatic hydroxyl groups excluding tert-OH is 3. The topological polar surface area (TPSA) is 160 Å². The number of imidazole rings is 1. The highest BCUT2D eigenvalue weighted by Gasteiger charge is 2.44. The third-order valence-corrected chi connectivity index (χ3v) is 4.68. The molecule has 0 unspecified atom stereocenters. The van der Waals surface area contributed by atoms with Crippen LogP contribution in [0.5, 0.6) is 0 Å². The number of nitrogen functional groups attached to an aromatic ring is 1. The number of aliphatic hydroxyl groups is 4. The predicted molar refractivity (Wildman–Crippen MR) is 88.4 cm³/mol. The number of nitrogens with zero attached hydrogens (tertiary/aromatic N) is 4. The van der Waals surface area contributed by atoms with Crippen molar-refractivity contribution >= 4 is 17.0 Å². The number of ether oxygens (including phenoxy) is 1. The fraction of sp³-hybridized carbons (Fsp3) is 0.562. The van der Waals surface area contributed by atoms with Gasteiger partial charge in [-0.3, -0.25) is 4.57 Å². The van der Waals surface area contributed by atoms with Crippen molar-refractivity contribution in [2.45, 2.75) is 49.4 Å². The Morgan fingerprint density at radius 2 is 2.08 bits per heavy atom. The molecule has 6 N–H and O–H groups in total. The van der Waals surface area contributed by atoms with Crippen LogP contribution >= 0.6 is 0 Å². The lowest BCUT2D eigenvalue weighted by molar-refractivity contribution is -0.0511. The molecule has 2 aliphatic rings. The van der Waals surface area contributed by atoms with Crippen molar-refractivity contribution in [2.24, 2.45) is 0 Å². The molecule has 0 bridgehead atoms. The first-order valence-corrected chi connectivity index (χ1v) is 8.26. The van der Waals surface area contributed by atoms with E-state index in [4.69, 9.17) is 10.5 Å². The molecule has 26 heavy (non-hydrogen) atoms. The number of aromatic nitrogens is 4. The highest BCUT2D eigenvalue weighted by atomic mass is 16.6. The van der Waals surface area contributed by atoms with Gasteiger partial charge in [0.15, 0.2) is 17.7 Å². The maximum absolute atomic E-state index is 10.2. The molecule has 0 amide bonds. The minimum absolute atomic E-state index is 0.120. The number of hydrogen-bond donors (Lipinski definition) is 5. The number of fused-ring (bicyclic) bond motifs is 1. The zero-order chi connectivity index (χ0) is 18.5. The first-order chi connectivity index (χ1) is 12.4. The monoisotopic (exact) mass is 361 g/mol. The molecule has 10 nitrogen and oxygen atoms in total. The number of rotatable bonds is 3. The van der Waals surface area contributed by atoms with Gasteiger partial charge in [0.1, 0.15) is 23.8 Å². The molecule has 0 aromatic carbocycles. The van der Waals surface area contributed by atoms with Gasteiger partial charge < -0.3 is 30.9 Å². The second kappa shape index (κ2) is 6.15. The lowest BCUT2D eigenvalue weighted by Crippen LogP contribution is -2.33. The number of anilines is 1. The molecule has 2 aromatic heterocycles. The van der Waals surface area contributed by atoms with E-state index in [0.29, 0.717) is 17.6 Å². The van der Waals surface area contributed by atoms with Gasteiger partial charge in [-0.05, 0) is 18.8 Å². The van der Waals surface area contributed by atoms with E-state index < -0.39 is 36.7 Å². The lowest BCUT2D eigenvalue weighted by Gasteiger charge is -2.16. The fourth-order valence-electron chi connectivity index (χ4n) is 2.90. The van der Waals surface area contributed by atoms with Crippen molar-refractivity contribution in [2.75, 3.05) is 12.3 Å². The van der Waals surface area contributed by atoms with Crippen LogP contribution in [0.4, 0.5) is 5.82 Å². The Kier molecular flexibility index (Phi) is 4.06. The highest BCUT2D eigenvalue weighted by Crippen LogP contribution is 2.37. The normalized spacial score (nSPS) is 29.5. The first-order valence-electron chi connectivity index (χ1n) is 8.26. The van der Waals surface area contributed by atoms with Crippen LogP contribution in [0.2, 0.25) is 0 Å². The summed E-state index contributed by atoms with van der Waals surface area (Å²) in [7, 11) is 0. The minimum atomic E-state index is -1.26. The van der Waals surface area contributed by atoms with Crippen LogP contribution in [0.25, 0.3) is 11.2 Å². The summed E-state index contributed by atoms with van der Waals surface area (Å²) in [4.78, 5) is 12.5. The second-order valence-electron chi connectivity index (χ2n) is 6.69. The van der Waals surface area contributed by atoms with E-state index in [-0.39, 0.29) is 11.6 Å². The second-order valence-corrected chi connectivity index (χ2v) is 6.69. The Labute approximate surface area is 148 Å². The van der Waals surface area contributed by atoms with Crippen LogP contribution in [0.3, 0.4) is 0 Å². The first kappa shape index (κ1) is 17.1. The molecular formula is C16H19N5O5. The number of nitrogens with two attached hydrogens (primary N) is 1. The molecule has 0 spiro atoms. The Balaban J connectivity index is 1.68. The van der Waals surface area contributed by atoms with Crippen molar-refractivity contribution in [3.05, 3.63) is 12.2 Å². The summed E-state index contributed by atoms with van der Waals surface area (Å²) in [5.41, 5.74) is 5.83. The van der Waals surface area contributed by atoms with Crippen LogP contribution in [-0.4, -0.2) is 70.5 Å². The van der Waals surface area contributed by atoms with Crippen molar-refractivity contribution < 1.29 is 25.2 Å². The average molecular weight is 361 g/mol. The molecule has 1 saturated heterocycles. The van der Waals surface area contributed by atoms with Crippen molar-refractivity contribution in [3.63, 3.8) is 0 Å². The van der Waals surface area contributed by atoms with Gasteiger partial charge in [0.25, 0.3) is 0 Å². The van der Waals surface area contributed by atoms with E-state index in [2.05, 4.69) is 26.8 Å². The Bertz CT molecular complexity index is 900. The third kappa shape index (κ3) is 2.90. The van der Waals surface area contributed by atoms with Crippen molar-refractivity contribution in [1.82, 2.24) is 19.5 Å². The largest absolute Gasteiger partial charge is 0.394 e. The molecule has 3 heterocycles. The standard InChI is InChI=1S/C16H19N5O5/c17-13-10-14(20-9(19-13)2-1-3-16(25)4-5-16)21(7-18-10)15-12(24)11(23)8(6-22)26-15/h7-8,11-12,15,22-25H,3-6H2,(H2,17,19,20)/t8-,11-,12-,15-/m1/s1. The average Bonchev–Trinajstić information content (AvgIpc) is 3.08. The maximum atomic E-state index is 10.2. The van der Waals surface area contributed by atoms with E-state index in [1.165, 1.54) is 10.9 Å². The van der Waals surface area contributed by atoms with Crippen LogP contribution in [0, 0.1) is 11.8 Å². The lowest BCUT2D eigenvalue weighted by atomic mass is 10.1. The van der Waals surface area contributed by atoms with Crippen LogP contribution < -0.4 is 5.73 Å². The molecule has 0 radical (unpaired) electrons. The van der Waals surface area contributed by atoms with Gasteiger partial charge in [0.2, 0.25) is 5.82 Å². The maximum Gasteiger partial charge on any atom is 0.208 e. The summed E-state index contributed by atoms with van der Waals surface area (Å²) in [5.74, 6) is 5.90. The summed E-state index contributed by atoms with van der Waals surface area (Å²) in [6.45, 7) is -0.432. The van der Waals surface area contributed by atoms with E-state index in [1.807, 2.05) is 0 Å². The SMILES string of the molecule is Nc1nc(C#CCC2(O)CC2)nc2c1ncn2[C@@H]1O[C@H](CO)[C@@H](O)[C@H]1O. The van der Waals surface area contributed by atoms with Gasteiger partial charge in [-0.1, -0.05) is 5.92 Å². The molecular weight excluding hydrogens is 342 g/mol. The van der Waals surface area contributed by atoms with E-state index in [9.17, 15) is 20.4 Å². The van der Waals surface area contributed by atoms with Crippen molar-refractivity contribution in [3.8, 4) is 11.8 Å². The third-order valence-electron chi connectivity index (χ3n) is 4.68. The molecule has 1 aliphatic carbocycles. The smallest absolute Gasteiger partial charge is 0.208 e. The Morgan fingerprint density at radius 1 is 1.31 bits per heavy atom. The van der Waals surface area contributed by atoms with Crippen LogP contribution in [0.15, 0.2) is 6.33 Å². The van der Waals surface area contributed by atoms with Gasteiger partial charge in [-0.2, -0.15) is 0 Å². The molecule has 2 aromatic rings. The summed E-state index contributed by atoms with van der Waals surface area (Å²) in [5, 5.41) is 39.2. The minimum Gasteiger partial charge on any atom is -0.394 e. The van der Waals surface area contributed by atoms with Gasteiger partial charge in [-0.15, -0.1) is 0 Å². The summed E-state index contributed by atoms with van der Waals surface area (Å²) < 4.78 is 6.93. The van der Waals surface area contributed by atoms with Gasteiger partial charge in [0.05, 0.1) is 18.5 Å². The molecule has 4 atom stereocenters. The van der Waals surface area contributed by atoms with Gasteiger partial charge in [-0.25, -0.2) is 15.0 Å². The summed E-state index contributed by atoms with van der Waals surface area (Å²) >= 11 is 0. The molecule has 138 valence electrons. The molecule has 1 saturated carbocycles. The van der Waals surface area contributed by atoms with E-state index in [0.717, 1.165) is 12.8 Å².